The first-order valence-electron chi connectivity index (χ1n) is 5.43. The molecule has 2 heterocycles. The molecule has 17 heavy (non-hydrogen) atoms. The molecule has 0 bridgehead atoms. The Morgan fingerprint density at radius 3 is 3.06 bits per heavy atom. The van der Waals surface area contributed by atoms with Crippen LogP contribution in [0.2, 0.25) is 0 Å². The molecule has 0 aliphatic carbocycles. The Balaban J connectivity index is 2.28. The Hall–Kier alpha value is -1.89. The van der Waals surface area contributed by atoms with Crippen LogP contribution in [0.15, 0.2) is 17.2 Å². The lowest BCUT2D eigenvalue weighted by atomic mass is 10.0. The lowest BCUT2D eigenvalue weighted by molar-refractivity contribution is 0.524. The van der Waals surface area contributed by atoms with E-state index in [1.54, 1.807) is 6.07 Å². The molecule has 0 aliphatic heterocycles. The molecule has 0 aromatic carbocycles. The fraction of sp³-hybridized carbons (Fsp3) is 0.500. The van der Waals surface area contributed by atoms with E-state index in [1.807, 2.05) is 13.8 Å². The van der Waals surface area contributed by atoms with E-state index in [0.29, 0.717) is 18.0 Å². The van der Waals surface area contributed by atoms with Gasteiger partial charge in [0, 0.05) is 11.6 Å². The van der Waals surface area contributed by atoms with Crippen LogP contribution in [0.1, 0.15) is 20.3 Å². The molecule has 0 fully saturated rings. The zero-order valence-electron chi connectivity index (χ0n) is 9.90. The molecular weight excluding hydrogens is 220 g/mol. The van der Waals surface area contributed by atoms with Gasteiger partial charge in [-0.2, -0.15) is 5.10 Å². The molecular formula is C10H16N6O. The second kappa shape index (κ2) is 4.17. The summed E-state index contributed by atoms with van der Waals surface area (Å²) in [5, 5.41) is 9.50. The minimum Gasteiger partial charge on any atom is -0.365 e. The minimum absolute atomic E-state index is 0.142. The van der Waals surface area contributed by atoms with E-state index >= 15 is 0 Å². The number of H-pyrrole nitrogens is 1. The van der Waals surface area contributed by atoms with E-state index in [9.17, 15) is 4.79 Å². The number of hydrogen-bond acceptors (Lipinski definition) is 5. The molecule has 0 aliphatic rings. The molecule has 0 radical (unpaired) electrons. The normalized spacial score (nSPS) is 11.9. The summed E-state index contributed by atoms with van der Waals surface area (Å²) in [4.78, 5) is 15.4. The lowest BCUT2D eigenvalue weighted by Crippen LogP contribution is -2.33. The van der Waals surface area contributed by atoms with Gasteiger partial charge < -0.3 is 11.1 Å². The molecule has 0 atom stereocenters. The number of fused-ring (bicyclic) bond motifs is 1. The van der Waals surface area contributed by atoms with Gasteiger partial charge in [-0.3, -0.25) is 0 Å². The average molecular weight is 236 g/mol. The predicted molar refractivity (Wildman–Crippen MR) is 65.0 cm³/mol. The number of rotatable bonds is 4. The molecule has 0 saturated heterocycles. The van der Waals surface area contributed by atoms with Crippen molar-refractivity contribution in [1.82, 2.24) is 19.6 Å². The summed E-state index contributed by atoms with van der Waals surface area (Å²) in [5.41, 5.74) is 5.64. The van der Waals surface area contributed by atoms with Gasteiger partial charge in [0.25, 0.3) is 0 Å². The first-order chi connectivity index (χ1) is 8.02. The molecule has 0 saturated carbocycles. The van der Waals surface area contributed by atoms with Crippen LogP contribution < -0.4 is 16.7 Å². The van der Waals surface area contributed by atoms with Crippen molar-refractivity contribution in [3.63, 3.8) is 0 Å². The fourth-order valence-corrected chi connectivity index (χ4v) is 1.65. The van der Waals surface area contributed by atoms with Gasteiger partial charge in [0.15, 0.2) is 5.65 Å². The summed E-state index contributed by atoms with van der Waals surface area (Å²) in [5.74, 6) is 0.676. The highest BCUT2D eigenvalue weighted by atomic mass is 16.1. The summed E-state index contributed by atoms with van der Waals surface area (Å²) in [6.45, 7) is 4.69. The maximum absolute atomic E-state index is 11.2. The molecule has 92 valence electrons. The Bertz CT molecular complexity index is 569. The van der Waals surface area contributed by atoms with Gasteiger partial charge in [-0.25, -0.2) is 19.3 Å². The zero-order chi connectivity index (χ0) is 12.5. The second-order valence-corrected chi connectivity index (χ2v) is 4.58. The number of nitrogens with one attached hydrogen (secondary N) is 2. The van der Waals surface area contributed by atoms with E-state index < -0.39 is 0 Å². The van der Waals surface area contributed by atoms with Crippen molar-refractivity contribution in [3.8, 4) is 0 Å². The molecule has 0 amide bonds. The van der Waals surface area contributed by atoms with Crippen LogP contribution >= 0.6 is 0 Å². The molecule has 2 aromatic heterocycles. The zero-order valence-corrected chi connectivity index (χ0v) is 9.90. The van der Waals surface area contributed by atoms with Crippen LogP contribution in [-0.4, -0.2) is 31.7 Å². The van der Waals surface area contributed by atoms with Crippen molar-refractivity contribution in [2.75, 3.05) is 11.9 Å². The van der Waals surface area contributed by atoms with Gasteiger partial charge in [-0.1, -0.05) is 0 Å². The van der Waals surface area contributed by atoms with Gasteiger partial charge in [-0.05, 0) is 26.8 Å². The molecule has 0 unspecified atom stereocenters. The van der Waals surface area contributed by atoms with Gasteiger partial charge >= 0.3 is 5.69 Å². The predicted octanol–water partition coefficient (Wildman–Crippen LogP) is -0.0431. The summed E-state index contributed by atoms with van der Waals surface area (Å²) in [6.07, 6.45) is 2.27. The third-order valence-electron chi connectivity index (χ3n) is 2.55. The number of nitrogens with two attached hydrogens (primary N) is 1. The maximum atomic E-state index is 11.2. The van der Waals surface area contributed by atoms with E-state index in [1.165, 1.54) is 10.7 Å². The second-order valence-electron chi connectivity index (χ2n) is 4.58. The Labute approximate surface area is 98.1 Å². The molecule has 2 rings (SSSR count). The topological polar surface area (TPSA) is 101 Å². The number of hydrogen-bond donors (Lipinski definition) is 3. The van der Waals surface area contributed by atoms with Gasteiger partial charge in [0.2, 0.25) is 0 Å². The minimum atomic E-state index is -0.291. The first-order valence-corrected chi connectivity index (χ1v) is 5.43. The number of aromatic amines is 1. The highest BCUT2D eigenvalue weighted by Crippen LogP contribution is 2.15. The Kier molecular flexibility index (Phi) is 2.84. The van der Waals surface area contributed by atoms with Gasteiger partial charge in [0.1, 0.15) is 12.1 Å². The van der Waals surface area contributed by atoms with E-state index in [4.69, 9.17) is 5.73 Å². The largest absolute Gasteiger partial charge is 0.365 e. The maximum Gasteiger partial charge on any atom is 0.348 e. The van der Waals surface area contributed by atoms with Crippen molar-refractivity contribution >= 4 is 11.5 Å². The van der Waals surface area contributed by atoms with E-state index in [0.717, 1.165) is 6.42 Å². The summed E-state index contributed by atoms with van der Waals surface area (Å²) in [7, 11) is 0. The first kappa shape index (κ1) is 11.6. The van der Waals surface area contributed by atoms with Crippen molar-refractivity contribution in [2.24, 2.45) is 5.73 Å². The molecule has 0 spiro atoms. The molecule has 2 aromatic rings. The van der Waals surface area contributed by atoms with Crippen LogP contribution in [0.25, 0.3) is 5.65 Å². The number of anilines is 1. The van der Waals surface area contributed by atoms with Gasteiger partial charge in [-0.15, -0.1) is 0 Å². The summed E-state index contributed by atoms with van der Waals surface area (Å²) in [6, 6.07) is 1.72. The monoisotopic (exact) mass is 236 g/mol. The SMILES string of the molecule is CC(C)(CCN)Nc1cc2n[nH]c(=O)n2cn1. The van der Waals surface area contributed by atoms with Crippen molar-refractivity contribution in [3.05, 3.63) is 22.9 Å². The number of nitrogens with zero attached hydrogens (tertiary/aromatic N) is 3. The van der Waals surface area contributed by atoms with Crippen molar-refractivity contribution in [2.45, 2.75) is 25.8 Å². The average Bonchev–Trinajstić information content (AvgIpc) is 2.59. The molecule has 7 nitrogen and oxygen atoms in total. The summed E-state index contributed by atoms with van der Waals surface area (Å²) >= 11 is 0. The number of aromatic nitrogens is 4. The Morgan fingerprint density at radius 1 is 1.59 bits per heavy atom. The van der Waals surface area contributed by atoms with Crippen LogP contribution in [0, 0.1) is 0 Å². The highest BCUT2D eigenvalue weighted by molar-refractivity contribution is 5.49. The molecule has 4 N–H and O–H groups in total. The highest BCUT2D eigenvalue weighted by Gasteiger charge is 2.17. The lowest BCUT2D eigenvalue weighted by Gasteiger charge is -2.26. The molecule has 7 heteroatoms. The van der Waals surface area contributed by atoms with Crippen LogP contribution in [0.5, 0.6) is 0 Å². The van der Waals surface area contributed by atoms with Crippen LogP contribution in [0.4, 0.5) is 5.82 Å². The van der Waals surface area contributed by atoms with Crippen LogP contribution in [-0.2, 0) is 0 Å². The van der Waals surface area contributed by atoms with Gasteiger partial charge in [0.05, 0.1) is 0 Å². The quantitative estimate of drug-likeness (QED) is 0.691. The smallest absolute Gasteiger partial charge is 0.348 e. The fourth-order valence-electron chi connectivity index (χ4n) is 1.65. The van der Waals surface area contributed by atoms with Crippen LogP contribution in [0.3, 0.4) is 0 Å². The Morgan fingerprint density at radius 2 is 2.35 bits per heavy atom. The third-order valence-corrected chi connectivity index (χ3v) is 2.55. The van der Waals surface area contributed by atoms with E-state index in [2.05, 4.69) is 20.5 Å². The standard InChI is InChI=1S/C10H16N6O/c1-10(2,3-4-11)13-7-5-8-14-15-9(17)16(8)6-12-7/h5-6,13H,3-4,11H2,1-2H3,(H,15,17). The van der Waals surface area contributed by atoms with Crippen molar-refractivity contribution in [1.29, 1.82) is 0 Å². The third kappa shape index (κ3) is 2.44. The van der Waals surface area contributed by atoms with E-state index in [-0.39, 0.29) is 11.2 Å². The van der Waals surface area contributed by atoms with Crippen molar-refractivity contribution < 1.29 is 0 Å². The summed E-state index contributed by atoms with van der Waals surface area (Å²) < 4.78 is 1.35.